The van der Waals surface area contributed by atoms with Crippen LogP contribution in [-0.4, -0.2) is 20.4 Å². The van der Waals surface area contributed by atoms with Crippen molar-refractivity contribution in [1.82, 2.24) is 19.3 Å². The largest absolute Gasteiger partial charge is 0.376 e. The highest BCUT2D eigenvalue weighted by molar-refractivity contribution is 7.98. The first-order valence-corrected chi connectivity index (χ1v) is 13.3. The molecule has 0 fully saturated rings. The number of aryl methyl sites for hydroxylation is 1. The molecule has 0 saturated carbocycles. The molecule has 202 valence electrons. The molecule has 4 aromatic rings. The molecule has 5 rings (SSSR count). The summed E-state index contributed by atoms with van der Waals surface area (Å²) in [6.07, 6.45) is 0. The van der Waals surface area contributed by atoms with Gasteiger partial charge >= 0.3 is 0 Å². The van der Waals surface area contributed by atoms with E-state index in [9.17, 15) is 14.0 Å². The number of anilines is 2. The van der Waals surface area contributed by atoms with Gasteiger partial charge in [0.2, 0.25) is 11.9 Å². The molecule has 0 bridgehead atoms. The lowest BCUT2D eigenvalue weighted by molar-refractivity contribution is -0.117. The minimum atomic E-state index is -1.24. The summed E-state index contributed by atoms with van der Waals surface area (Å²) in [5, 5.41) is 3.40. The number of aromatic nitrogens is 3. The Morgan fingerprint density at radius 3 is 2.62 bits per heavy atom. The van der Waals surface area contributed by atoms with Gasteiger partial charge in [-0.2, -0.15) is 0 Å². The van der Waals surface area contributed by atoms with E-state index in [-0.39, 0.29) is 16.6 Å². The van der Waals surface area contributed by atoms with Crippen molar-refractivity contribution in [1.29, 1.82) is 0 Å². The number of nitrogens with one attached hydrogen (secondary N) is 2. The van der Waals surface area contributed by atoms with Gasteiger partial charge < -0.3 is 10.2 Å². The first-order valence-electron chi connectivity index (χ1n) is 12.1. The number of amides is 1. The van der Waals surface area contributed by atoms with Gasteiger partial charge in [0.15, 0.2) is 11.6 Å². The summed E-state index contributed by atoms with van der Waals surface area (Å²) in [5.74, 6) is -2.31. The standard InChI is InChI=1S/C27H25ClF2N6O2S/c1-13-5-6-16-11-36(12-17(16)9-13)27-33-24-18(10-19(29)23(30)22(24)26(38)35(27)4)14(2)31-20-7-8-21(28)32-25(20)39-34-15(3)37/h5-10,14,31H,11-12H2,1-4H3,(H,34,37). The number of fused-ring (bicyclic) bond motifs is 2. The van der Waals surface area contributed by atoms with Gasteiger partial charge in [0.1, 0.15) is 15.6 Å². The smallest absolute Gasteiger partial charge is 0.265 e. The lowest BCUT2D eigenvalue weighted by atomic mass is 10.0. The molecule has 2 aromatic carbocycles. The highest BCUT2D eigenvalue weighted by Gasteiger charge is 2.27. The van der Waals surface area contributed by atoms with Crippen molar-refractivity contribution in [2.75, 3.05) is 10.2 Å². The van der Waals surface area contributed by atoms with Crippen LogP contribution in [0.1, 0.15) is 42.1 Å². The second kappa shape index (κ2) is 10.5. The van der Waals surface area contributed by atoms with Gasteiger partial charge in [0.05, 0.1) is 17.2 Å². The maximum Gasteiger partial charge on any atom is 0.265 e. The fraction of sp³-hybridized carbons (Fsp3) is 0.259. The van der Waals surface area contributed by atoms with E-state index < -0.39 is 28.6 Å². The van der Waals surface area contributed by atoms with E-state index in [1.54, 1.807) is 19.1 Å². The molecular formula is C27H25ClF2N6O2S. The maximum atomic E-state index is 15.0. The number of rotatable bonds is 6. The average molecular weight is 571 g/mol. The Balaban J connectivity index is 1.58. The number of carbonyl (C=O) groups is 1. The van der Waals surface area contributed by atoms with Crippen LogP contribution in [0.2, 0.25) is 5.15 Å². The first kappa shape index (κ1) is 26.9. The number of halogens is 3. The van der Waals surface area contributed by atoms with Crippen LogP contribution in [0.4, 0.5) is 20.4 Å². The third-order valence-electron chi connectivity index (χ3n) is 6.58. The molecule has 0 radical (unpaired) electrons. The van der Waals surface area contributed by atoms with Crippen LogP contribution in [0.3, 0.4) is 0 Å². The summed E-state index contributed by atoms with van der Waals surface area (Å²) < 4.78 is 33.7. The van der Waals surface area contributed by atoms with Crippen LogP contribution >= 0.6 is 23.5 Å². The lowest BCUT2D eigenvalue weighted by Crippen LogP contribution is -2.29. The average Bonchev–Trinajstić information content (AvgIpc) is 3.30. The summed E-state index contributed by atoms with van der Waals surface area (Å²) >= 11 is 7.02. The quantitative estimate of drug-likeness (QED) is 0.237. The molecule has 0 aliphatic carbocycles. The van der Waals surface area contributed by atoms with Crippen molar-refractivity contribution in [3.05, 3.63) is 85.8 Å². The van der Waals surface area contributed by atoms with Crippen molar-refractivity contribution < 1.29 is 13.6 Å². The zero-order valence-corrected chi connectivity index (χ0v) is 23.2. The van der Waals surface area contributed by atoms with Gasteiger partial charge in [-0.05, 0) is 43.2 Å². The Morgan fingerprint density at radius 2 is 1.87 bits per heavy atom. The van der Waals surface area contributed by atoms with Crippen molar-refractivity contribution >= 4 is 52.0 Å². The molecular weight excluding hydrogens is 546 g/mol. The van der Waals surface area contributed by atoms with Gasteiger partial charge in [-0.3, -0.25) is 18.9 Å². The Labute approximate surface area is 232 Å². The molecule has 1 amide bonds. The van der Waals surface area contributed by atoms with Crippen LogP contribution in [0.15, 0.2) is 46.2 Å². The summed E-state index contributed by atoms with van der Waals surface area (Å²) in [5.41, 5.74) is 3.56. The van der Waals surface area contributed by atoms with Crippen molar-refractivity contribution in [2.24, 2.45) is 7.05 Å². The van der Waals surface area contributed by atoms with E-state index in [1.165, 1.54) is 18.5 Å². The molecule has 1 aliphatic rings. The minimum absolute atomic E-state index is 0.0668. The molecule has 2 N–H and O–H groups in total. The number of hydrogen-bond acceptors (Lipinski definition) is 7. The number of carbonyl (C=O) groups excluding carboxylic acids is 1. The van der Waals surface area contributed by atoms with E-state index in [1.807, 2.05) is 24.0 Å². The number of benzene rings is 2. The Kier molecular flexibility index (Phi) is 7.21. The normalized spacial score (nSPS) is 13.5. The molecule has 8 nitrogen and oxygen atoms in total. The predicted molar refractivity (Wildman–Crippen MR) is 149 cm³/mol. The summed E-state index contributed by atoms with van der Waals surface area (Å²) in [6.45, 7) is 6.19. The third kappa shape index (κ3) is 5.16. The van der Waals surface area contributed by atoms with Crippen LogP contribution in [0.25, 0.3) is 10.9 Å². The zero-order chi connectivity index (χ0) is 28.0. The second-order valence-corrected chi connectivity index (χ2v) is 10.7. The van der Waals surface area contributed by atoms with Gasteiger partial charge in [-0.25, -0.2) is 18.7 Å². The fourth-order valence-electron chi connectivity index (χ4n) is 4.70. The monoisotopic (exact) mass is 570 g/mol. The second-order valence-electron chi connectivity index (χ2n) is 9.50. The molecule has 1 atom stereocenters. The topological polar surface area (TPSA) is 92.2 Å². The maximum absolute atomic E-state index is 15.0. The minimum Gasteiger partial charge on any atom is -0.376 e. The van der Waals surface area contributed by atoms with Crippen molar-refractivity contribution in [2.45, 2.75) is 44.9 Å². The van der Waals surface area contributed by atoms with E-state index in [0.29, 0.717) is 35.3 Å². The Morgan fingerprint density at radius 1 is 1.13 bits per heavy atom. The molecule has 0 spiro atoms. The molecule has 0 saturated heterocycles. The van der Waals surface area contributed by atoms with Crippen LogP contribution < -0.4 is 20.5 Å². The SMILES string of the molecule is CC(=O)NSc1nc(Cl)ccc1NC(C)c1cc(F)c(F)c2c(=O)n(C)c(N3Cc4ccc(C)cc4C3)nc12. The van der Waals surface area contributed by atoms with E-state index in [2.05, 4.69) is 21.1 Å². The van der Waals surface area contributed by atoms with Crippen LogP contribution in [0, 0.1) is 18.6 Å². The van der Waals surface area contributed by atoms with E-state index in [0.717, 1.165) is 34.7 Å². The predicted octanol–water partition coefficient (Wildman–Crippen LogP) is 5.41. The van der Waals surface area contributed by atoms with Crippen molar-refractivity contribution in [3.8, 4) is 0 Å². The van der Waals surface area contributed by atoms with Crippen LogP contribution in [0.5, 0.6) is 0 Å². The summed E-state index contributed by atoms with van der Waals surface area (Å²) in [7, 11) is 1.51. The van der Waals surface area contributed by atoms with Gasteiger partial charge in [-0.1, -0.05) is 35.4 Å². The molecule has 1 aliphatic heterocycles. The highest BCUT2D eigenvalue weighted by atomic mass is 35.5. The van der Waals surface area contributed by atoms with Crippen molar-refractivity contribution in [3.63, 3.8) is 0 Å². The summed E-state index contributed by atoms with van der Waals surface area (Å²) in [4.78, 5) is 35.7. The van der Waals surface area contributed by atoms with E-state index >= 15 is 4.39 Å². The van der Waals surface area contributed by atoms with Gasteiger partial charge in [0.25, 0.3) is 5.56 Å². The molecule has 1 unspecified atom stereocenters. The third-order valence-corrected chi connectivity index (χ3v) is 7.68. The number of pyridine rings is 1. The number of nitrogens with zero attached hydrogens (tertiary/aromatic N) is 4. The molecule has 2 aromatic heterocycles. The van der Waals surface area contributed by atoms with E-state index in [4.69, 9.17) is 16.6 Å². The number of hydrogen-bond donors (Lipinski definition) is 2. The Bertz CT molecular complexity index is 1700. The molecule has 12 heteroatoms. The van der Waals surface area contributed by atoms with Gasteiger partial charge in [0, 0.05) is 44.6 Å². The fourth-order valence-corrected chi connectivity index (χ4v) is 5.52. The lowest BCUT2D eigenvalue weighted by Gasteiger charge is -2.23. The first-order chi connectivity index (χ1) is 18.5. The molecule has 39 heavy (non-hydrogen) atoms. The highest BCUT2D eigenvalue weighted by Crippen LogP contribution is 2.34. The Hall–Kier alpha value is -3.70. The van der Waals surface area contributed by atoms with Gasteiger partial charge in [-0.15, -0.1) is 0 Å². The molecule has 3 heterocycles. The zero-order valence-electron chi connectivity index (χ0n) is 21.6. The summed E-state index contributed by atoms with van der Waals surface area (Å²) in [6, 6.07) is 9.83. The van der Waals surface area contributed by atoms with Crippen LogP contribution in [-0.2, 0) is 24.9 Å².